The number of aromatic amines is 1. The van der Waals surface area contributed by atoms with Gasteiger partial charge in [0.2, 0.25) is 0 Å². The SMILES string of the molecule is N#CCCCc1c[nH]c2ccc(OCc3c(Cl)cccc3Cl)cc12. The van der Waals surface area contributed by atoms with Crippen molar-refractivity contribution in [1.82, 2.24) is 4.98 Å². The van der Waals surface area contributed by atoms with Crippen LogP contribution in [-0.2, 0) is 13.0 Å². The van der Waals surface area contributed by atoms with Crippen LogP contribution in [0.1, 0.15) is 24.0 Å². The van der Waals surface area contributed by atoms with Crippen molar-refractivity contribution in [3.05, 3.63) is 63.8 Å². The summed E-state index contributed by atoms with van der Waals surface area (Å²) < 4.78 is 5.88. The number of nitrogens with zero attached hydrogens (tertiary/aromatic N) is 1. The van der Waals surface area contributed by atoms with Crippen LogP contribution in [0.3, 0.4) is 0 Å². The van der Waals surface area contributed by atoms with Crippen molar-refractivity contribution in [3.8, 4) is 11.8 Å². The molecule has 0 saturated heterocycles. The lowest BCUT2D eigenvalue weighted by Crippen LogP contribution is -1.97. The van der Waals surface area contributed by atoms with Crippen LogP contribution in [0.2, 0.25) is 10.0 Å². The molecule has 3 rings (SSSR count). The lowest BCUT2D eigenvalue weighted by atomic mass is 10.1. The molecule has 0 radical (unpaired) electrons. The average Bonchev–Trinajstić information content (AvgIpc) is 2.97. The van der Waals surface area contributed by atoms with E-state index >= 15 is 0 Å². The van der Waals surface area contributed by atoms with Crippen LogP contribution in [0.4, 0.5) is 0 Å². The Hall–Kier alpha value is -2.15. The highest BCUT2D eigenvalue weighted by atomic mass is 35.5. The van der Waals surface area contributed by atoms with E-state index in [1.54, 1.807) is 12.1 Å². The van der Waals surface area contributed by atoms with Gasteiger partial charge in [0.05, 0.1) is 6.07 Å². The van der Waals surface area contributed by atoms with Crippen molar-refractivity contribution in [1.29, 1.82) is 5.26 Å². The summed E-state index contributed by atoms with van der Waals surface area (Å²) in [6.07, 6.45) is 4.28. The molecular formula is C19H16Cl2N2O. The normalized spacial score (nSPS) is 10.7. The molecular weight excluding hydrogens is 343 g/mol. The van der Waals surface area contributed by atoms with Gasteiger partial charge in [0.1, 0.15) is 12.4 Å². The molecule has 0 aliphatic rings. The number of ether oxygens (including phenoxy) is 1. The molecule has 1 aromatic heterocycles. The predicted octanol–water partition coefficient (Wildman–Crippen LogP) is 5.90. The largest absolute Gasteiger partial charge is 0.489 e. The number of H-pyrrole nitrogens is 1. The summed E-state index contributed by atoms with van der Waals surface area (Å²) in [5.74, 6) is 0.764. The van der Waals surface area contributed by atoms with Crippen LogP contribution < -0.4 is 4.74 Å². The molecule has 0 unspecified atom stereocenters. The Morgan fingerprint density at radius 3 is 2.67 bits per heavy atom. The third kappa shape index (κ3) is 3.67. The first-order valence-electron chi connectivity index (χ1n) is 7.71. The molecule has 122 valence electrons. The number of unbranched alkanes of at least 4 members (excludes halogenated alkanes) is 1. The van der Waals surface area contributed by atoms with Gasteiger partial charge < -0.3 is 9.72 Å². The zero-order chi connectivity index (χ0) is 16.9. The van der Waals surface area contributed by atoms with Gasteiger partial charge in [-0.1, -0.05) is 29.3 Å². The summed E-state index contributed by atoms with van der Waals surface area (Å²) >= 11 is 12.3. The number of nitrogens with one attached hydrogen (secondary N) is 1. The van der Waals surface area contributed by atoms with E-state index in [-0.39, 0.29) is 0 Å². The number of aryl methyl sites for hydroxylation is 1. The van der Waals surface area contributed by atoms with Crippen LogP contribution in [0.15, 0.2) is 42.6 Å². The third-order valence-electron chi connectivity index (χ3n) is 3.92. The molecule has 24 heavy (non-hydrogen) atoms. The lowest BCUT2D eigenvalue weighted by Gasteiger charge is -2.10. The van der Waals surface area contributed by atoms with Gasteiger partial charge in [-0.05, 0) is 48.7 Å². The molecule has 3 nitrogen and oxygen atoms in total. The van der Waals surface area contributed by atoms with Crippen LogP contribution in [0, 0.1) is 11.3 Å². The Balaban J connectivity index is 1.78. The second-order valence-corrected chi connectivity index (χ2v) is 6.34. The molecule has 2 aromatic carbocycles. The Labute approximate surface area is 150 Å². The van der Waals surface area contributed by atoms with Crippen molar-refractivity contribution in [3.63, 3.8) is 0 Å². The Kier molecular flexibility index (Phi) is 5.30. The van der Waals surface area contributed by atoms with Gasteiger partial charge in [0.25, 0.3) is 0 Å². The van der Waals surface area contributed by atoms with E-state index in [4.69, 9.17) is 33.2 Å². The summed E-state index contributed by atoms with van der Waals surface area (Å²) in [6, 6.07) is 13.5. The van der Waals surface area contributed by atoms with Crippen molar-refractivity contribution < 1.29 is 4.74 Å². The van der Waals surface area contributed by atoms with Crippen LogP contribution >= 0.6 is 23.2 Å². The van der Waals surface area contributed by atoms with E-state index < -0.39 is 0 Å². The van der Waals surface area contributed by atoms with Crippen molar-refractivity contribution in [2.45, 2.75) is 25.9 Å². The summed E-state index contributed by atoms with van der Waals surface area (Å²) in [5, 5.41) is 11.0. The van der Waals surface area contributed by atoms with E-state index in [1.165, 1.54) is 5.56 Å². The summed E-state index contributed by atoms with van der Waals surface area (Å²) in [5.41, 5.74) is 3.04. The zero-order valence-corrected chi connectivity index (χ0v) is 14.5. The fraction of sp³-hybridized carbons (Fsp3) is 0.211. The van der Waals surface area contributed by atoms with Gasteiger partial charge in [-0.25, -0.2) is 0 Å². The molecule has 0 bridgehead atoms. The smallest absolute Gasteiger partial charge is 0.120 e. The monoisotopic (exact) mass is 358 g/mol. The molecule has 0 aliphatic heterocycles. The molecule has 0 amide bonds. The minimum Gasteiger partial charge on any atom is -0.489 e. The van der Waals surface area contributed by atoms with Crippen LogP contribution in [0.5, 0.6) is 5.75 Å². The maximum absolute atomic E-state index is 8.68. The number of aromatic nitrogens is 1. The standard InChI is InChI=1S/C19H16Cl2N2O/c20-17-5-3-6-18(21)16(17)12-24-14-7-8-19-15(10-14)13(11-23-19)4-1-2-9-22/h3,5-8,10-11,23H,1-2,4,12H2. The van der Waals surface area contributed by atoms with Gasteiger partial charge in [-0.2, -0.15) is 5.26 Å². The maximum atomic E-state index is 8.68. The molecule has 0 atom stereocenters. The molecule has 0 spiro atoms. The minimum atomic E-state index is 0.318. The molecule has 1 heterocycles. The van der Waals surface area contributed by atoms with Crippen molar-refractivity contribution >= 4 is 34.1 Å². The van der Waals surface area contributed by atoms with Crippen LogP contribution in [0.25, 0.3) is 10.9 Å². The number of benzene rings is 2. The first-order valence-corrected chi connectivity index (χ1v) is 8.47. The highest BCUT2D eigenvalue weighted by Gasteiger charge is 2.08. The molecule has 5 heteroatoms. The van der Waals surface area contributed by atoms with E-state index in [1.807, 2.05) is 30.5 Å². The second kappa shape index (κ2) is 7.61. The summed E-state index contributed by atoms with van der Waals surface area (Å²) in [7, 11) is 0. The molecule has 0 aliphatic carbocycles. The second-order valence-electron chi connectivity index (χ2n) is 5.52. The number of rotatable bonds is 6. The van der Waals surface area contributed by atoms with E-state index in [0.29, 0.717) is 23.1 Å². The summed E-state index contributed by atoms with van der Waals surface area (Å²) in [6.45, 7) is 0.318. The van der Waals surface area contributed by atoms with Gasteiger partial charge in [0, 0.05) is 39.1 Å². The van der Waals surface area contributed by atoms with Gasteiger partial charge >= 0.3 is 0 Å². The first kappa shape index (κ1) is 16.7. The van der Waals surface area contributed by atoms with Crippen molar-refractivity contribution in [2.24, 2.45) is 0 Å². The number of hydrogen-bond acceptors (Lipinski definition) is 2. The number of fused-ring (bicyclic) bond motifs is 1. The molecule has 0 saturated carbocycles. The van der Waals surface area contributed by atoms with E-state index in [2.05, 4.69) is 11.1 Å². The average molecular weight is 359 g/mol. The van der Waals surface area contributed by atoms with Gasteiger partial charge in [0.15, 0.2) is 0 Å². The number of hydrogen-bond donors (Lipinski definition) is 1. The zero-order valence-electron chi connectivity index (χ0n) is 13.0. The van der Waals surface area contributed by atoms with E-state index in [0.717, 1.165) is 35.1 Å². The fourth-order valence-electron chi connectivity index (χ4n) is 2.64. The predicted molar refractivity (Wildman–Crippen MR) is 97.6 cm³/mol. The minimum absolute atomic E-state index is 0.318. The summed E-state index contributed by atoms with van der Waals surface area (Å²) in [4.78, 5) is 3.25. The highest BCUT2D eigenvalue weighted by Crippen LogP contribution is 2.28. The molecule has 1 N–H and O–H groups in total. The quantitative estimate of drug-likeness (QED) is 0.557. The van der Waals surface area contributed by atoms with E-state index in [9.17, 15) is 0 Å². The van der Waals surface area contributed by atoms with Crippen molar-refractivity contribution in [2.75, 3.05) is 0 Å². The highest BCUT2D eigenvalue weighted by molar-refractivity contribution is 6.35. The maximum Gasteiger partial charge on any atom is 0.120 e. The fourth-order valence-corrected chi connectivity index (χ4v) is 3.14. The molecule has 3 aromatic rings. The topological polar surface area (TPSA) is 48.8 Å². The van der Waals surface area contributed by atoms with Gasteiger partial charge in [-0.15, -0.1) is 0 Å². The molecule has 0 fully saturated rings. The lowest BCUT2D eigenvalue weighted by molar-refractivity contribution is 0.307. The number of halogens is 2. The third-order valence-corrected chi connectivity index (χ3v) is 4.63. The Morgan fingerprint density at radius 2 is 1.92 bits per heavy atom. The Morgan fingerprint density at radius 1 is 1.12 bits per heavy atom. The first-order chi connectivity index (χ1) is 11.7. The Bertz CT molecular complexity index is 876. The number of nitriles is 1. The van der Waals surface area contributed by atoms with Gasteiger partial charge in [-0.3, -0.25) is 0 Å². The van der Waals surface area contributed by atoms with Crippen LogP contribution in [-0.4, -0.2) is 4.98 Å².